The summed E-state index contributed by atoms with van der Waals surface area (Å²) in [6, 6.07) is 2.78. The number of rotatable bonds is 5. The largest absolute Gasteiger partial charge is 0.416 e. The predicted octanol–water partition coefficient (Wildman–Crippen LogP) is 4.66. The number of benzene rings is 1. The number of hydrogen-bond acceptors (Lipinski definition) is 3. The molecule has 1 amide bonds. The lowest BCUT2D eigenvalue weighted by molar-refractivity contribution is -0.137. The molecule has 0 fully saturated rings. The summed E-state index contributed by atoms with van der Waals surface area (Å²) in [5.41, 5.74) is -0.940. The van der Waals surface area contributed by atoms with Crippen molar-refractivity contribution >= 4 is 51.5 Å². The second kappa shape index (κ2) is 8.75. The van der Waals surface area contributed by atoms with Gasteiger partial charge in [-0.05, 0) is 32.0 Å². The van der Waals surface area contributed by atoms with Crippen LogP contribution in [-0.4, -0.2) is 34.0 Å². The van der Waals surface area contributed by atoms with E-state index in [0.717, 1.165) is 43.1 Å². The average Bonchev–Trinajstić information content (AvgIpc) is 2.47. The van der Waals surface area contributed by atoms with Gasteiger partial charge in [-0.15, -0.1) is 0 Å². The van der Waals surface area contributed by atoms with Crippen LogP contribution in [0.3, 0.4) is 0 Å². The van der Waals surface area contributed by atoms with Crippen LogP contribution in [0.4, 0.5) is 18.9 Å². The minimum absolute atomic E-state index is 0.00189. The molecule has 0 aliphatic rings. The van der Waals surface area contributed by atoms with Gasteiger partial charge >= 0.3 is 6.18 Å². The molecule has 3 nitrogen and oxygen atoms in total. The van der Waals surface area contributed by atoms with E-state index in [0.29, 0.717) is 4.32 Å². The van der Waals surface area contributed by atoms with Gasteiger partial charge in [0.25, 0.3) is 0 Å². The van der Waals surface area contributed by atoms with E-state index in [1.807, 2.05) is 18.7 Å². The Morgan fingerprint density at radius 3 is 2.48 bits per heavy atom. The Bertz CT molecular complexity index is 578. The van der Waals surface area contributed by atoms with Crippen molar-refractivity contribution in [3.05, 3.63) is 28.8 Å². The number of carbonyl (C=O) groups is 1. The van der Waals surface area contributed by atoms with Crippen LogP contribution in [0.2, 0.25) is 5.02 Å². The smallest absolute Gasteiger partial charge is 0.358 e. The topological polar surface area (TPSA) is 32.3 Å². The quantitative estimate of drug-likeness (QED) is 0.748. The highest BCUT2D eigenvalue weighted by Gasteiger charge is 2.31. The minimum atomic E-state index is -4.50. The predicted molar refractivity (Wildman–Crippen MR) is 93.1 cm³/mol. The van der Waals surface area contributed by atoms with Crippen molar-refractivity contribution in [3.8, 4) is 0 Å². The third-order valence-electron chi connectivity index (χ3n) is 2.92. The van der Waals surface area contributed by atoms with Crippen molar-refractivity contribution in [1.29, 1.82) is 0 Å². The highest BCUT2D eigenvalue weighted by atomic mass is 35.5. The van der Waals surface area contributed by atoms with Crippen LogP contribution in [0.15, 0.2) is 18.2 Å². The fourth-order valence-electron chi connectivity index (χ4n) is 1.68. The lowest BCUT2D eigenvalue weighted by Gasteiger charge is -2.20. The number of thiocarbonyl (C=S) groups is 1. The van der Waals surface area contributed by atoms with E-state index >= 15 is 0 Å². The fourth-order valence-corrected chi connectivity index (χ4v) is 3.05. The molecule has 0 atom stereocenters. The number of thioether (sulfide) groups is 1. The molecule has 0 heterocycles. The second-order valence-electron chi connectivity index (χ2n) is 4.47. The Hall–Kier alpha value is -0.990. The SMILES string of the molecule is CCN(CC)C(=S)SCC(=O)Nc1cc(C(F)(F)F)ccc1Cl. The normalized spacial score (nSPS) is 11.2. The molecular weight excluding hydrogens is 369 g/mol. The molecule has 1 N–H and O–H groups in total. The van der Waals surface area contributed by atoms with E-state index in [1.54, 1.807) is 0 Å². The first-order valence-corrected chi connectivity index (χ1v) is 8.54. The Morgan fingerprint density at radius 2 is 1.96 bits per heavy atom. The number of nitrogens with one attached hydrogen (secondary N) is 1. The first-order valence-electron chi connectivity index (χ1n) is 6.77. The summed E-state index contributed by atoms with van der Waals surface area (Å²) in [6.07, 6.45) is -4.50. The third-order valence-corrected chi connectivity index (χ3v) is 4.77. The number of carbonyl (C=O) groups excluding carboxylic acids is 1. The summed E-state index contributed by atoms with van der Waals surface area (Å²) in [4.78, 5) is 13.8. The molecule has 1 aromatic rings. The molecule has 0 aromatic heterocycles. The highest BCUT2D eigenvalue weighted by molar-refractivity contribution is 8.23. The van der Waals surface area contributed by atoms with E-state index in [9.17, 15) is 18.0 Å². The van der Waals surface area contributed by atoms with Crippen LogP contribution >= 0.6 is 35.6 Å². The second-order valence-corrected chi connectivity index (χ2v) is 6.48. The number of alkyl halides is 3. The van der Waals surface area contributed by atoms with E-state index in [4.69, 9.17) is 23.8 Å². The molecule has 9 heteroatoms. The standard InChI is InChI=1S/C14H16ClF3N2OS2/c1-3-20(4-2)13(22)23-8-12(21)19-11-7-9(14(16,17)18)5-6-10(11)15/h5-7H,3-4,8H2,1-2H3,(H,19,21). The van der Waals surface area contributed by atoms with Crippen molar-refractivity contribution in [1.82, 2.24) is 4.90 Å². The lowest BCUT2D eigenvalue weighted by atomic mass is 10.2. The molecule has 1 rings (SSSR count). The fraction of sp³-hybridized carbons (Fsp3) is 0.429. The highest BCUT2D eigenvalue weighted by Crippen LogP contribution is 2.33. The van der Waals surface area contributed by atoms with Gasteiger partial charge in [-0.25, -0.2) is 0 Å². The van der Waals surface area contributed by atoms with Gasteiger partial charge in [0, 0.05) is 13.1 Å². The molecular formula is C14H16ClF3N2OS2. The minimum Gasteiger partial charge on any atom is -0.358 e. The Morgan fingerprint density at radius 1 is 1.35 bits per heavy atom. The monoisotopic (exact) mass is 384 g/mol. The van der Waals surface area contributed by atoms with Crippen LogP contribution in [0, 0.1) is 0 Å². The molecule has 0 unspecified atom stereocenters. The number of hydrogen-bond donors (Lipinski definition) is 1. The summed E-state index contributed by atoms with van der Waals surface area (Å²) in [5, 5.41) is 2.43. The molecule has 0 spiro atoms. The average molecular weight is 385 g/mol. The maximum absolute atomic E-state index is 12.7. The van der Waals surface area contributed by atoms with Gasteiger partial charge in [0.05, 0.1) is 22.0 Å². The molecule has 0 aliphatic heterocycles. The van der Waals surface area contributed by atoms with Crippen molar-refractivity contribution < 1.29 is 18.0 Å². The number of nitrogens with zero attached hydrogens (tertiary/aromatic N) is 1. The van der Waals surface area contributed by atoms with Gasteiger partial charge in [0.1, 0.15) is 4.32 Å². The zero-order chi connectivity index (χ0) is 17.6. The van der Waals surface area contributed by atoms with Crippen molar-refractivity contribution in [2.24, 2.45) is 0 Å². The molecule has 0 saturated heterocycles. The molecule has 0 bridgehead atoms. The Balaban J connectivity index is 2.69. The van der Waals surface area contributed by atoms with Gasteiger partial charge in [-0.2, -0.15) is 13.2 Å². The van der Waals surface area contributed by atoms with Crippen LogP contribution in [0.25, 0.3) is 0 Å². The molecule has 128 valence electrons. The van der Waals surface area contributed by atoms with Crippen LogP contribution in [0.5, 0.6) is 0 Å². The summed E-state index contributed by atoms with van der Waals surface area (Å²) in [5.74, 6) is -0.465. The zero-order valence-electron chi connectivity index (χ0n) is 12.5. The first kappa shape index (κ1) is 20.1. The van der Waals surface area contributed by atoms with E-state index in [-0.39, 0.29) is 16.5 Å². The van der Waals surface area contributed by atoms with Crippen molar-refractivity contribution in [2.45, 2.75) is 20.0 Å². The summed E-state index contributed by atoms with van der Waals surface area (Å²) >= 11 is 12.2. The van der Waals surface area contributed by atoms with Gasteiger partial charge in [0.15, 0.2) is 0 Å². The molecule has 0 radical (unpaired) electrons. The van der Waals surface area contributed by atoms with E-state index < -0.39 is 17.6 Å². The Kier molecular flexibility index (Phi) is 7.63. The van der Waals surface area contributed by atoms with Crippen LogP contribution in [-0.2, 0) is 11.0 Å². The number of halogens is 4. The molecule has 1 aromatic carbocycles. The maximum Gasteiger partial charge on any atom is 0.416 e. The molecule has 0 saturated carbocycles. The van der Waals surface area contributed by atoms with Crippen LogP contribution in [0.1, 0.15) is 19.4 Å². The third kappa shape index (κ3) is 6.19. The maximum atomic E-state index is 12.7. The van der Waals surface area contributed by atoms with Gasteiger partial charge < -0.3 is 10.2 Å². The number of amides is 1. The first-order chi connectivity index (χ1) is 10.7. The van der Waals surface area contributed by atoms with E-state index in [1.165, 1.54) is 0 Å². The molecule has 0 aliphatic carbocycles. The molecule has 23 heavy (non-hydrogen) atoms. The zero-order valence-corrected chi connectivity index (χ0v) is 14.9. The van der Waals surface area contributed by atoms with E-state index in [2.05, 4.69) is 5.32 Å². The Labute approximate surface area is 147 Å². The van der Waals surface area contributed by atoms with Crippen molar-refractivity contribution in [2.75, 3.05) is 24.2 Å². The summed E-state index contributed by atoms with van der Waals surface area (Å²) in [7, 11) is 0. The van der Waals surface area contributed by atoms with Gasteiger partial charge in [-0.3, -0.25) is 4.79 Å². The lowest BCUT2D eigenvalue weighted by Crippen LogP contribution is -2.28. The summed E-state index contributed by atoms with van der Waals surface area (Å²) < 4.78 is 38.6. The van der Waals surface area contributed by atoms with Gasteiger partial charge in [-0.1, -0.05) is 35.6 Å². The van der Waals surface area contributed by atoms with Crippen LogP contribution < -0.4 is 5.32 Å². The van der Waals surface area contributed by atoms with Crippen molar-refractivity contribution in [3.63, 3.8) is 0 Å². The van der Waals surface area contributed by atoms with Gasteiger partial charge in [0.2, 0.25) is 5.91 Å². The summed E-state index contributed by atoms with van der Waals surface area (Å²) in [6.45, 7) is 5.34. The number of anilines is 1.